The minimum absolute atomic E-state index is 0.263. The molecule has 2 aliphatic rings. The second-order valence-electron chi connectivity index (χ2n) is 8.80. The van der Waals surface area contributed by atoms with Crippen molar-refractivity contribution in [2.24, 2.45) is 11.7 Å². The number of aromatic nitrogens is 4. The Morgan fingerprint density at radius 1 is 1.21 bits per heavy atom. The van der Waals surface area contributed by atoms with Crippen molar-refractivity contribution in [1.82, 2.24) is 24.5 Å². The summed E-state index contributed by atoms with van der Waals surface area (Å²) in [6.45, 7) is 7.37. The molecule has 3 aromatic rings. The van der Waals surface area contributed by atoms with Crippen molar-refractivity contribution >= 4 is 23.1 Å². The molecular weight excluding hydrogens is 420 g/mol. The summed E-state index contributed by atoms with van der Waals surface area (Å²) in [6.07, 6.45) is 9.45. The van der Waals surface area contributed by atoms with Gasteiger partial charge in [0.1, 0.15) is 0 Å². The molecule has 0 spiro atoms. The van der Waals surface area contributed by atoms with Gasteiger partial charge in [0.05, 0.1) is 36.2 Å². The summed E-state index contributed by atoms with van der Waals surface area (Å²) in [5.74, 6) is 0.740. The second kappa shape index (κ2) is 9.32. The fourth-order valence-corrected chi connectivity index (χ4v) is 4.21. The van der Waals surface area contributed by atoms with Crippen molar-refractivity contribution in [3.63, 3.8) is 0 Å². The molecule has 174 valence electrons. The highest BCUT2D eigenvalue weighted by atomic mass is 16.5. The molecule has 4 N–H and O–H groups in total. The fourth-order valence-electron chi connectivity index (χ4n) is 4.21. The first kappa shape index (κ1) is 21.6. The summed E-state index contributed by atoms with van der Waals surface area (Å²) < 4.78 is 7.14. The number of ether oxygens (including phenoxy) is 1. The van der Waals surface area contributed by atoms with Gasteiger partial charge in [0.25, 0.3) is 5.91 Å². The predicted octanol–water partition coefficient (Wildman–Crippen LogP) is 1.84. The van der Waals surface area contributed by atoms with Crippen LogP contribution in [0.15, 0.2) is 30.9 Å². The van der Waals surface area contributed by atoms with Crippen molar-refractivity contribution < 1.29 is 9.53 Å². The van der Waals surface area contributed by atoms with Crippen LogP contribution in [0.1, 0.15) is 30.1 Å². The molecule has 2 fully saturated rings. The number of rotatable bonds is 9. The van der Waals surface area contributed by atoms with Crippen LogP contribution in [0.5, 0.6) is 0 Å². The van der Waals surface area contributed by atoms with Gasteiger partial charge in [0.2, 0.25) is 5.95 Å². The van der Waals surface area contributed by atoms with Gasteiger partial charge in [-0.1, -0.05) is 0 Å². The molecule has 1 atom stereocenters. The number of anilines is 2. The van der Waals surface area contributed by atoms with Crippen LogP contribution in [-0.4, -0.2) is 75.8 Å². The third-order valence-electron chi connectivity index (χ3n) is 6.40. The van der Waals surface area contributed by atoms with Gasteiger partial charge < -0.3 is 21.1 Å². The Balaban J connectivity index is 1.32. The van der Waals surface area contributed by atoms with Crippen LogP contribution >= 0.6 is 0 Å². The van der Waals surface area contributed by atoms with Crippen LogP contribution in [0.4, 0.5) is 11.6 Å². The smallest absolute Gasteiger partial charge is 0.252 e. The lowest BCUT2D eigenvalue weighted by atomic mass is 10.1. The average molecular weight is 451 g/mol. The average Bonchev–Trinajstić information content (AvgIpc) is 3.59. The number of morpholine rings is 1. The van der Waals surface area contributed by atoms with E-state index in [2.05, 4.69) is 37.5 Å². The van der Waals surface area contributed by atoms with E-state index >= 15 is 0 Å². The van der Waals surface area contributed by atoms with Crippen LogP contribution in [-0.2, 0) is 4.74 Å². The number of nitrogens with zero attached hydrogens (tertiary/aromatic N) is 5. The third kappa shape index (κ3) is 4.91. The number of amides is 1. The minimum Gasteiger partial charge on any atom is -0.380 e. The van der Waals surface area contributed by atoms with E-state index in [1.807, 2.05) is 12.3 Å². The van der Waals surface area contributed by atoms with Crippen LogP contribution in [0.25, 0.3) is 16.6 Å². The van der Waals surface area contributed by atoms with Gasteiger partial charge in [-0.25, -0.2) is 14.5 Å². The maximum atomic E-state index is 12.0. The number of carbonyl (C=O) groups is 1. The summed E-state index contributed by atoms with van der Waals surface area (Å²) in [5, 5.41) is 11.2. The molecule has 1 aliphatic carbocycles. The zero-order valence-corrected chi connectivity index (χ0v) is 18.8. The van der Waals surface area contributed by atoms with E-state index in [4.69, 9.17) is 10.5 Å². The standard InChI is InChI=1S/C23H30N8O2/c1-15(16-2-3-16)29-21-19(22(24)32)13-28-31-14-17(10-20(21)31)18-11-26-23(27-12-18)25-4-5-30-6-8-33-9-7-30/h10-16,29H,2-9H2,1H3,(H2,24,32)(H,25,26,27). The van der Waals surface area contributed by atoms with Crippen LogP contribution in [0.2, 0.25) is 0 Å². The largest absolute Gasteiger partial charge is 0.380 e. The molecule has 4 heterocycles. The Morgan fingerprint density at radius 3 is 2.67 bits per heavy atom. The molecule has 33 heavy (non-hydrogen) atoms. The predicted molar refractivity (Wildman–Crippen MR) is 126 cm³/mol. The van der Waals surface area contributed by atoms with Gasteiger partial charge in [-0.15, -0.1) is 0 Å². The second-order valence-corrected chi connectivity index (χ2v) is 8.80. The van der Waals surface area contributed by atoms with Gasteiger partial charge in [-0.05, 0) is 31.7 Å². The topological polar surface area (TPSA) is 123 Å². The molecule has 1 saturated carbocycles. The summed E-state index contributed by atoms with van der Waals surface area (Å²) in [7, 11) is 0. The van der Waals surface area contributed by atoms with E-state index < -0.39 is 5.91 Å². The minimum atomic E-state index is -0.492. The highest BCUT2D eigenvalue weighted by molar-refractivity contribution is 6.02. The van der Waals surface area contributed by atoms with Crippen molar-refractivity contribution in [3.05, 3.63) is 36.4 Å². The monoisotopic (exact) mass is 450 g/mol. The zero-order valence-electron chi connectivity index (χ0n) is 18.8. The molecule has 1 unspecified atom stereocenters. The van der Waals surface area contributed by atoms with E-state index in [1.165, 1.54) is 19.0 Å². The van der Waals surface area contributed by atoms with E-state index in [0.29, 0.717) is 17.4 Å². The summed E-state index contributed by atoms with van der Waals surface area (Å²) >= 11 is 0. The molecule has 1 saturated heterocycles. The van der Waals surface area contributed by atoms with E-state index in [9.17, 15) is 4.79 Å². The molecule has 10 heteroatoms. The highest BCUT2D eigenvalue weighted by Crippen LogP contribution is 2.36. The first-order chi connectivity index (χ1) is 16.1. The van der Waals surface area contributed by atoms with Gasteiger partial charge in [0.15, 0.2) is 0 Å². The molecule has 10 nitrogen and oxygen atoms in total. The normalized spacial score (nSPS) is 17.7. The number of carbonyl (C=O) groups excluding carboxylic acids is 1. The quantitative estimate of drug-likeness (QED) is 0.451. The third-order valence-corrected chi connectivity index (χ3v) is 6.40. The van der Waals surface area contributed by atoms with Crippen molar-refractivity contribution in [3.8, 4) is 11.1 Å². The summed E-state index contributed by atoms with van der Waals surface area (Å²) in [4.78, 5) is 23.3. The van der Waals surface area contributed by atoms with Gasteiger partial charge in [-0.2, -0.15) is 5.10 Å². The van der Waals surface area contributed by atoms with Crippen molar-refractivity contribution in [2.75, 3.05) is 50.0 Å². The van der Waals surface area contributed by atoms with Gasteiger partial charge in [0, 0.05) is 61.9 Å². The maximum Gasteiger partial charge on any atom is 0.252 e. The SMILES string of the molecule is CC(Nc1c(C(N)=O)cnn2cc(-c3cnc(NCCN4CCOCC4)nc3)cc12)C1CC1. The Bertz CT molecular complexity index is 1120. The van der Waals surface area contributed by atoms with Crippen molar-refractivity contribution in [2.45, 2.75) is 25.8 Å². The highest BCUT2D eigenvalue weighted by Gasteiger charge is 2.29. The first-order valence-electron chi connectivity index (χ1n) is 11.5. The number of hydrogen-bond acceptors (Lipinski definition) is 8. The van der Waals surface area contributed by atoms with E-state index in [0.717, 1.165) is 61.7 Å². The summed E-state index contributed by atoms with van der Waals surface area (Å²) in [5.41, 5.74) is 9.36. The Hall–Kier alpha value is -3.24. The molecule has 1 amide bonds. The maximum absolute atomic E-state index is 12.0. The lowest BCUT2D eigenvalue weighted by molar-refractivity contribution is 0.0398. The molecular formula is C23H30N8O2. The first-order valence-corrected chi connectivity index (χ1v) is 11.5. The molecule has 1 aliphatic heterocycles. The number of nitrogens with two attached hydrogens (primary N) is 1. The number of primary amides is 1. The van der Waals surface area contributed by atoms with E-state index in [-0.39, 0.29) is 6.04 Å². The van der Waals surface area contributed by atoms with Gasteiger partial charge >= 0.3 is 0 Å². The molecule has 0 bridgehead atoms. The Labute approximate surface area is 192 Å². The van der Waals surface area contributed by atoms with Gasteiger partial charge in [-0.3, -0.25) is 9.69 Å². The summed E-state index contributed by atoms with van der Waals surface area (Å²) in [6, 6.07) is 2.25. The molecule has 3 aromatic heterocycles. The lowest BCUT2D eigenvalue weighted by Crippen LogP contribution is -2.39. The Morgan fingerprint density at radius 2 is 1.97 bits per heavy atom. The Kier molecular flexibility index (Phi) is 6.10. The van der Waals surface area contributed by atoms with Crippen molar-refractivity contribution in [1.29, 1.82) is 0 Å². The van der Waals surface area contributed by atoms with E-state index in [1.54, 1.807) is 16.9 Å². The fraction of sp³-hybridized carbons (Fsp3) is 0.478. The lowest BCUT2D eigenvalue weighted by Gasteiger charge is -2.26. The molecule has 0 radical (unpaired) electrons. The molecule has 0 aromatic carbocycles. The number of fused-ring (bicyclic) bond motifs is 1. The zero-order chi connectivity index (χ0) is 22.8. The van der Waals surface area contributed by atoms with Crippen LogP contribution in [0.3, 0.4) is 0 Å². The number of nitrogens with one attached hydrogen (secondary N) is 2. The number of hydrogen-bond donors (Lipinski definition) is 3. The van der Waals surface area contributed by atoms with Crippen LogP contribution < -0.4 is 16.4 Å². The molecule has 5 rings (SSSR count). The van der Waals surface area contributed by atoms with Crippen LogP contribution in [0, 0.1) is 5.92 Å².